The van der Waals surface area contributed by atoms with Crippen LogP contribution in [0.25, 0.3) is 10.9 Å². The summed E-state index contributed by atoms with van der Waals surface area (Å²) in [6.07, 6.45) is 4.61. The number of rotatable bonds is 2. The second-order valence-corrected chi connectivity index (χ2v) is 6.37. The Labute approximate surface area is 146 Å². The Kier molecular flexibility index (Phi) is 3.27. The molecule has 1 aliphatic rings. The third-order valence-corrected chi connectivity index (χ3v) is 4.96. The van der Waals surface area contributed by atoms with Crippen molar-refractivity contribution >= 4 is 16.9 Å². The largest absolute Gasteiger partial charge is 0.356 e. The van der Waals surface area contributed by atoms with Gasteiger partial charge in [-0.05, 0) is 29.7 Å². The summed E-state index contributed by atoms with van der Waals surface area (Å²) in [4.78, 5) is 15.0. The van der Waals surface area contributed by atoms with Gasteiger partial charge in [-0.2, -0.15) is 0 Å². The number of aromatic amines is 1. The fraction of sp³-hybridized carbons (Fsp3) is 0.143. The van der Waals surface area contributed by atoms with Crippen LogP contribution in [-0.2, 0) is 6.42 Å². The minimum Gasteiger partial charge on any atom is -0.356 e. The monoisotopic (exact) mass is 326 g/mol. The number of aromatic nitrogens is 3. The molecule has 0 amide bonds. The van der Waals surface area contributed by atoms with Gasteiger partial charge in [-0.1, -0.05) is 48.5 Å². The maximum absolute atomic E-state index is 4.51. The molecule has 4 aromatic rings. The topological polar surface area (TPSA) is 44.8 Å². The normalized spacial score (nSPS) is 16.8. The molecule has 0 bridgehead atoms. The molecule has 1 N–H and O–H groups in total. The molecule has 2 aromatic heterocycles. The number of nitrogens with zero attached hydrogens (tertiary/aromatic N) is 3. The van der Waals surface area contributed by atoms with Crippen LogP contribution >= 0.6 is 0 Å². The van der Waals surface area contributed by atoms with Gasteiger partial charge in [0.1, 0.15) is 0 Å². The van der Waals surface area contributed by atoms with Crippen molar-refractivity contribution in [2.45, 2.75) is 12.5 Å². The first kappa shape index (κ1) is 14.2. The van der Waals surface area contributed by atoms with Gasteiger partial charge in [-0.3, -0.25) is 0 Å². The zero-order valence-corrected chi connectivity index (χ0v) is 13.8. The lowest BCUT2D eigenvalue weighted by Crippen LogP contribution is -2.37. The molecule has 25 heavy (non-hydrogen) atoms. The lowest BCUT2D eigenvalue weighted by atomic mass is 9.92. The van der Waals surface area contributed by atoms with Crippen molar-refractivity contribution in [2.24, 2.45) is 0 Å². The molecule has 0 saturated carbocycles. The van der Waals surface area contributed by atoms with Gasteiger partial charge in [-0.25, -0.2) is 9.97 Å². The van der Waals surface area contributed by atoms with E-state index in [0.29, 0.717) is 0 Å². The van der Waals surface area contributed by atoms with Crippen molar-refractivity contribution in [2.75, 3.05) is 11.4 Å². The molecule has 122 valence electrons. The number of hydrogen-bond acceptors (Lipinski definition) is 3. The van der Waals surface area contributed by atoms with E-state index in [9.17, 15) is 0 Å². The van der Waals surface area contributed by atoms with E-state index in [-0.39, 0.29) is 6.04 Å². The average molecular weight is 326 g/mol. The predicted molar refractivity (Wildman–Crippen MR) is 99.7 cm³/mol. The molecule has 0 aliphatic carbocycles. The van der Waals surface area contributed by atoms with Crippen LogP contribution in [0.15, 0.2) is 73.1 Å². The Bertz CT molecular complexity index is 1010. The Balaban J connectivity index is 1.73. The van der Waals surface area contributed by atoms with Crippen LogP contribution in [0.1, 0.15) is 22.9 Å². The van der Waals surface area contributed by atoms with Crippen molar-refractivity contribution < 1.29 is 0 Å². The quantitative estimate of drug-likeness (QED) is 0.603. The van der Waals surface area contributed by atoms with E-state index in [1.807, 2.05) is 18.5 Å². The number of H-pyrrole nitrogens is 1. The molecule has 0 spiro atoms. The van der Waals surface area contributed by atoms with Crippen LogP contribution in [0, 0.1) is 0 Å². The van der Waals surface area contributed by atoms with Gasteiger partial charge in [0.25, 0.3) is 0 Å². The standard InChI is InChI=1S/C21H18N4/c1-2-7-15(8-3-1)20-19-17(16-9-4-5-10-18(16)24-19)11-14-25(20)21-22-12-6-13-23-21/h1-10,12-13,20,24H,11,14H2. The summed E-state index contributed by atoms with van der Waals surface area (Å²) in [5.74, 6) is 0.778. The number of para-hydroxylation sites is 1. The summed E-state index contributed by atoms with van der Waals surface area (Å²) in [7, 11) is 0. The molecule has 1 atom stereocenters. The van der Waals surface area contributed by atoms with Gasteiger partial charge < -0.3 is 9.88 Å². The van der Waals surface area contributed by atoms with Crippen molar-refractivity contribution in [3.05, 3.63) is 89.9 Å². The van der Waals surface area contributed by atoms with Gasteiger partial charge in [0.2, 0.25) is 5.95 Å². The molecule has 2 aromatic carbocycles. The molecule has 0 radical (unpaired) electrons. The summed E-state index contributed by atoms with van der Waals surface area (Å²) < 4.78 is 0. The lowest BCUT2D eigenvalue weighted by Gasteiger charge is -2.36. The number of benzene rings is 2. The zero-order chi connectivity index (χ0) is 16.6. The minimum absolute atomic E-state index is 0.0970. The first-order valence-corrected chi connectivity index (χ1v) is 8.60. The SMILES string of the molecule is c1ccc(C2c3[nH]c4ccccc4c3CCN2c2ncccn2)cc1. The van der Waals surface area contributed by atoms with E-state index in [2.05, 4.69) is 74.4 Å². The van der Waals surface area contributed by atoms with Gasteiger partial charge in [0.15, 0.2) is 0 Å². The third-order valence-electron chi connectivity index (χ3n) is 4.96. The Morgan fingerprint density at radius 2 is 1.64 bits per heavy atom. The van der Waals surface area contributed by atoms with Crippen LogP contribution < -0.4 is 4.90 Å². The first-order valence-electron chi connectivity index (χ1n) is 8.60. The lowest BCUT2D eigenvalue weighted by molar-refractivity contribution is 0.626. The molecular weight excluding hydrogens is 308 g/mol. The third kappa shape index (κ3) is 2.30. The van der Waals surface area contributed by atoms with Crippen molar-refractivity contribution in [1.29, 1.82) is 0 Å². The van der Waals surface area contributed by atoms with Crippen LogP contribution in [0.4, 0.5) is 5.95 Å². The number of nitrogens with one attached hydrogen (secondary N) is 1. The van der Waals surface area contributed by atoms with Crippen LogP contribution in [0.2, 0.25) is 0 Å². The summed E-state index contributed by atoms with van der Waals surface area (Å²) in [5, 5.41) is 1.33. The highest BCUT2D eigenvalue weighted by Crippen LogP contribution is 2.39. The van der Waals surface area contributed by atoms with Crippen LogP contribution in [-0.4, -0.2) is 21.5 Å². The second kappa shape index (κ2) is 5.74. The summed E-state index contributed by atoms with van der Waals surface area (Å²) in [6, 6.07) is 21.1. The fourth-order valence-electron chi connectivity index (χ4n) is 3.88. The van der Waals surface area contributed by atoms with Crippen molar-refractivity contribution in [3.8, 4) is 0 Å². The minimum atomic E-state index is 0.0970. The first-order chi connectivity index (χ1) is 12.4. The summed E-state index contributed by atoms with van der Waals surface area (Å²) >= 11 is 0. The van der Waals surface area contributed by atoms with E-state index >= 15 is 0 Å². The molecule has 0 fully saturated rings. The van der Waals surface area contributed by atoms with Crippen molar-refractivity contribution in [1.82, 2.24) is 15.0 Å². The van der Waals surface area contributed by atoms with E-state index in [4.69, 9.17) is 0 Å². The molecule has 4 heteroatoms. The molecular formula is C21H18N4. The van der Waals surface area contributed by atoms with Gasteiger partial charge >= 0.3 is 0 Å². The highest BCUT2D eigenvalue weighted by Gasteiger charge is 2.32. The highest BCUT2D eigenvalue weighted by atomic mass is 15.3. The van der Waals surface area contributed by atoms with E-state index in [0.717, 1.165) is 18.9 Å². The smallest absolute Gasteiger partial charge is 0.226 e. The molecule has 5 rings (SSSR count). The molecule has 1 unspecified atom stereocenters. The maximum atomic E-state index is 4.51. The predicted octanol–water partition coefficient (Wildman–Crippen LogP) is 4.11. The summed E-state index contributed by atoms with van der Waals surface area (Å²) in [6.45, 7) is 0.901. The molecule has 0 saturated heterocycles. The van der Waals surface area contributed by atoms with E-state index < -0.39 is 0 Å². The van der Waals surface area contributed by atoms with Gasteiger partial charge in [0.05, 0.1) is 6.04 Å². The highest BCUT2D eigenvalue weighted by molar-refractivity contribution is 5.85. The van der Waals surface area contributed by atoms with E-state index in [1.165, 1.54) is 27.7 Å². The zero-order valence-electron chi connectivity index (χ0n) is 13.8. The average Bonchev–Trinajstić information content (AvgIpc) is 3.07. The number of fused-ring (bicyclic) bond motifs is 3. The Hall–Kier alpha value is -3.14. The van der Waals surface area contributed by atoms with Crippen molar-refractivity contribution in [3.63, 3.8) is 0 Å². The summed E-state index contributed by atoms with van der Waals surface area (Å²) in [5.41, 5.74) is 5.12. The van der Waals surface area contributed by atoms with E-state index in [1.54, 1.807) is 0 Å². The van der Waals surface area contributed by atoms with Gasteiger partial charge in [0, 0.05) is 35.5 Å². The van der Waals surface area contributed by atoms with Crippen LogP contribution in [0.3, 0.4) is 0 Å². The maximum Gasteiger partial charge on any atom is 0.226 e. The Morgan fingerprint density at radius 1 is 0.880 bits per heavy atom. The molecule has 1 aliphatic heterocycles. The number of anilines is 1. The fourth-order valence-corrected chi connectivity index (χ4v) is 3.88. The van der Waals surface area contributed by atoms with Crippen LogP contribution in [0.5, 0.6) is 0 Å². The van der Waals surface area contributed by atoms with Gasteiger partial charge in [-0.15, -0.1) is 0 Å². The Morgan fingerprint density at radius 3 is 2.48 bits per heavy atom. The number of hydrogen-bond donors (Lipinski definition) is 1. The molecule has 4 nitrogen and oxygen atoms in total. The second-order valence-electron chi connectivity index (χ2n) is 6.37. The molecule has 3 heterocycles.